The van der Waals surface area contributed by atoms with Crippen molar-refractivity contribution in [2.45, 2.75) is 32.4 Å². The second-order valence-electron chi connectivity index (χ2n) is 5.96. The SMILES string of the molecule is Cc1nc(-c2n[nH]c(C(C)C3C=CC(C(F)(F)F)=CC3)n2)cc(=O)[nH]1. The lowest BCUT2D eigenvalue weighted by atomic mass is 9.86. The van der Waals surface area contributed by atoms with E-state index in [0.29, 0.717) is 17.3 Å². The topological polar surface area (TPSA) is 87.3 Å². The summed E-state index contributed by atoms with van der Waals surface area (Å²) in [4.78, 5) is 22.6. The average molecular weight is 351 g/mol. The van der Waals surface area contributed by atoms with E-state index in [2.05, 4.69) is 25.1 Å². The third kappa shape index (κ3) is 3.70. The van der Waals surface area contributed by atoms with Gasteiger partial charge in [0.25, 0.3) is 5.56 Å². The molecule has 0 aromatic carbocycles. The predicted octanol–water partition coefficient (Wildman–Crippen LogP) is 3.03. The third-order valence-electron chi connectivity index (χ3n) is 4.13. The Labute approximate surface area is 140 Å². The van der Waals surface area contributed by atoms with Crippen molar-refractivity contribution >= 4 is 0 Å². The van der Waals surface area contributed by atoms with Gasteiger partial charge < -0.3 is 4.98 Å². The standard InChI is InChI=1S/C16H16F3N5O/c1-8(10-3-5-11(6-4-10)16(17,18)19)14-22-15(24-23-14)12-7-13(25)21-9(2)20-12/h3,5-8,10H,4H2,1-2H3,(H,20,21,25)(H,22,23,24). The van der Waals surface area contributed by atoms with Crippen LogP contribution in [0.5, 0.6) is 0 Å². The largest absolute Gasteiger partial charge is 0.416 e. The van der Waals surface area contributed by atoms with Gasteiger partial charge in [-0.1, -0.05) is 25.2 Å². The minimum Gasteiger partial charge on any atom is -0.311 e. The first kappa shape index (κ1) is 17.1. The molecule has 9 heteroatoms. The summed E-state index contributed by atoms with van der Waals surface area (Å²) < 4.78 is 38.0. The molecule has 132 valence electrons. The summed E-state index contributed by atoms with van der Waals surface area (Å²) in [7, 11) is 0. The summed E-state index contributed by atoms with van der Waals surface area (Å²) in [6, 6.07) is 1.30. The van der Waals surface area contributed by atoms with Crippen molar-refractivity contribution in [3.8, 4) is 11.5 Å². The molecule has 2 aromatic rings. The number of aryl methyl sites for hydroxylation is 1. The van der Waals surface area contributed by atoms with Gasteiger partial charge in [-0.15, -0.1) is 0 Å². The van der Waals surface area contributed by atoms with Gasteiger partial charge in [0.1, 0.15) is 17.3 Å². The van der Waals surface area contributed by atoms with Crippen molar-refractivity contribution in [3.63, 3.8) is 0 Å². The summed E-state index contributed by atoms with van der Waals surface area (Å²) in [5.41, 5.74) is -0.589. The van der Waals surface area contributed by atoms with Crippen LogP contribution in [0, 0.1) is 12.8 Å². The molecule has 0 saturated carbocycles. The lowest BCUT2D eigenvalue weighted by molar-refractivity contribution is -0.0887. The fourth-order valence-corrected chi connectivity index (χ4v) is 2.71. The Morgan fingerprint density at radius 2 is 2.08 bits per heavy atom. The zero-order valence-electron chi connectivity index (χ0n) is 13.6. The average Bonchev–Trinajstić information content (AvgIpc) is 3.02. The number of aromatic nitrogens is 5. The number of hydrogen-bond donors (Lipinski definition) is 2. The third-order valence-corrected chi connectivity index (χ3v) is 4.13. The van der Waals surface area contributed by atoms with Gasteiger partial charge in [-0.2, -0.15) is 18.3 Å². The first-order chi connectivity index (χ1) is 11.7. The molecule has 1 aliphatic rings. The van der Waals surface area contributed by atoms with E-state index in [1.165, 1.54) is 12.1 Å². The molecule has 25 heavy (non-hydrogen) atoms. The van der Waals surface area contributed by atoms with Crippen molar-refractivity contribution in [2.75, 3.05) is 0 Å². The number of hydrogen-bond acceptors (Lipinski definition) is 4. The summed E-state index contributed by atoms with van der Waals surface area (Å²) >= 11 is 0. The Kier molecular flexibility index (Phi) is 4.32. The number of nitrogens with zero attached hydrogens (tertiary/aromatic N) is 3. The summed E-state index contributed by atoms with van der Waals surface area (Å²) in [5.74, 6) is 0.977. The number of allylic oxidation sites excluding steroid dienone is 4. The van der Waals surface area contributed by atoms with Crippen LogP contribution in [0.1, 0.15) is 30.9 Å². The molecule has 2 aromatic heterocycles. The Balaban J connectivity index is 1.78. The number of halogens is 3. The second-order valence-corrected chi connectivity index (χ2v) is 5.96. The predicted molar refractivity (Wildman–Crippen MR) is 84.8 cm³/mol. The zero-order chi connectivity index (χ0) is 18.2. The summed E-state index contributed by atoms with van der Waals surface area (Å²) in [6.45, 7) is 3.51. The first-order valence-corrected chi connectivity index (χ1v) is 7.70. The molecule has 2 heterocycles. The van der Waals surface area contributed by atoms with E-state index in [9.17, 15) is 18.0 Å². The van der Waals surface area contributed by atoms with Crippen LogP contribution in [0.4, 0.5) is 13.2 Å². The first-order valence-electron chi connectivity index (χ1n) is 7.70. The van der Waals surface area contributed by atoms with Crippen LogP contribution < -0.4 is 5.56 Å². The van der Waals surface area contributed by atoms with Crippen LogP contribution in [0.3, 0.4) is 0 Å². The van der Waals surface area contributed by atoms with Crippen molar-refractivity contribution in [3.05, 3.63) is 51.9 Å². The maximum absolute atomic E-state index is 12.7. The molecule has 0 radical (unpaired) electrons. The Bertz CT molecular complexity index is 894. The molecule has 0 amide bonds. The van der Waals surface area contributed by atoms with Gasteiger partial charge in [0, 0.05) is 12.0 Å². The van der Waals surface area contributed by atoms with Crippen molar-refractivity contribution in [1.29, 1.82) is 0 Å². The normalized spacial score (nSPS) is 18.9. The van der Waals surface area contributed by atoms with Crippen molar-refractivity contribution in [2.24, 2.45) is 5.92 Å². The van der Waals surface area contributed by atoms with Crippen LogP contribution in [0.15, 0.2) is 34.7 Å². The van der Waals surface area contributed by atoms with Gasteiger partial charge in [0.05, 0.1) is 5.57 Å². The second kappa shape index (κ2) is 6.30. The van der Waals surface area contributed by atoms with E-state index in [-0.39, 0.29) is 29.6 Å². The Morgan fingerprint density at radius 3 is 2.68 bits per heavy atom. The summed E-state index contributed by atoms with van der Waals surface area (Å²) in [5, 5.41) is 6.86. The van der Waals surface area contributed by atoms with Crippen molar-refractivity contribution in [1.82, 2.24) is 25.1 Å². The maximum Gasteiger partial charge on any atom is 0.416 e. The van der Waals surface area contributed by atoms with E-state index in [4.69, 9.17) is 0 Å². The van der Waals surface area contributed by atoms with Crippen LogP contribution in [0.2, 0.25) is 0 Å². The molecular formula is C16H16F3N5O. The lowest BCUT2D eigenvalue weighted by Crippen LogP contribution is -2.16. The van der Waals surface area contributed by atoms with Crippen LogP contribution in [-0.4, -0.2) is 31.3 Å². The van der Waals surface area contributed by atoms with E-state index in [1.54, 1.807) is 13.0 Å². The number of nitrogens with one attached hydrogen (secondary N) is 2. The minimum atomic E-state index is -4.33. The van der Waals surface area contributed by atoms with E-state index in [1.807, 2.05) is 6.92 Å². The van der Waals surface area contributed by atoms with Gasteiger partial charge in [-0.05, 0) is 19.3 Å². The molecule has 2 unspecified atom stereocenters. The molecule has 2 N–H and O–H groups in total. The molecule has 3 rings (SSSR count). The Morgan fingerprint density at radius 1 is 1.32 bits per heavy atom. The van der Waals surface area contributed by atoms with Gasteiger partial charge in [-0.3, -0.25) is 9.89 Å². The molecule has 0 spiro atoms. The van der Waals surface area contributed by atoms with E-state index < -0.39 is 11.7 Å². The highest BCUT2D eigenvalue weighted by Gasteiger charge is 2.34. The Hall–Kier alpha value is -2.71. The van der Waals surface area contributed by atoms with Crippen LogP contribution in [0.25, 0.3) is 11.5 Å². The fourth-order valence-electron chi connectivity index (χ4n) is 2.71. The number of aromatic amines is 2. The fraction of sp³-hybridized carbons (Fsp3) is 0.375. The number of alkyl halides is 3. The lowest BCUT2D eigenvalue weighted by Gasteiger charge is -2.21. The van der Waals surface area contributed by atoms with Crippen LogP contribution >= 0.6 is 0 Å². The molecule has 0 bridgehead atoms. The van der Waals surface area contributed by atoms with E-state index in [0.717, 1.165) is 6.08 Å². The van der Waals surface area contributed by atoms with Crippen LogP contribution in [-0.2, 0) is 0 Å². The minimum absolute atomic E-state index is 0.124. The molecule has 0 saturated heterocycles. The molecule has 0 aliphatic heterocycles. The molecule has 2 atom stereocenters. The number of H-pyrrole nitrogens is 2. The van der Waals surface area contributed by atoms with Gasteiger partial charge in [0.15, 0.2) is 5.82 Å². The van der Waals surface area contributed by atoms with Gasteiger partial charge >= 0.3 is 6.18 Å². The van der Waals surface area contributed by atoms with E-state index >= 15 is 0 Å². The molecular weight excluding hydrogens is 335 g/mol. The number of rotatable bonds is 3. The summed E-state index contributed by atoms with van der Waals surface area (Å²) in [6.07, 6.45) is -0.214. The highest BCUT2D eigenvalue weighted by atomic mass is 19.4. The van der Waals surface area contributed by atoms with Gasteiger partial charge in [0.2, 0.25) is 0 Å². The molecule has 1 aliphatic carbocycles. The zero-order valence-corrected chi connectivity index (χ0v) is 13.6. The quantitative estimate of drug-likeness (QED) is 0.890. The monoisotopic (exact) mass is 351 g/mol. The van der Waals surface area contributed by atoms with Gasteiger partial charge in [-0.25, -0.2) is 9.97 Å². The molecule has 6 nitrogen and oxygen atoms in total. The van der Waals surface area contributed by atoms with Crippen molar-refractivity contribution < 1.29 is 13.2 Å². The maximum atomic E-state index is 12.7. The highest BCUT2D eigenvalue weighted by molar-refractivity contribution is 5.47. The molecule has 0 fully saturated rings. The highest BCUT2D eigenvalue weighted by Crippen LogP contribution is 2.35. The smallest absolute Gasteiger partial charge is 0.311 e.